The molecule has 0 aliphatic heterocycles. The molecule has 1 aromatic heterocycles. The molecule has 1 amide bonds. The number of hydrogen-bond donors (Lipinski definition) is 0. The van der Waals surface area contributed by atoms with Gasteiger partial charge in [-0.25, -0.2) is 4.98 Å². The first-order valence-electron chi connectivity index (χ1n) is 11.6. The maximum atomic E-state index is 13.7. The molecule has 4 rings (SSSR count). The SMILES string of the molecule is COCCN(C(=O)c1ccc(OC)cc1)C(C)c1nc2ccccc2c(=O)n1-c1ccc(OC)cc1. The van der Waals surface area contributed by atoms with Crippen LogP contribution in [0.2, 0.25) is 0 Å². The van der Waals surface area contributed by atoms with Crippen LogP contribution >= 0.6 is 0 Å². The number of benzene rings is 3. The summed E-state index contributed by atoms with van der Waals surface area (Å²) in [4.78, 5) is 33.9. The van der Waals surface area contributed by atoms with Crippen LogP contribution in [-0.2, 0) is 4.74 Å². The van der Waals surface area contributed by atoms with E-state index in [1.807, 2.05) is 19.1 Å². The molecule has 4 aromatic rings. The molecule has 0 fully saturated rings. The highest BCUT2D eigenvalue weighted by Gasteiger charge is 2.27. The van der Waals surface area contributed by atoms with E-state index >= 15 is 0 Å². The second-order valence-corrected chi connectivity index (χ2v) is 8.22. The van der Waals surface area contributed by atoms with Crippen molar-refractivity contribution in [1.29, 1.82) is 0 Å². The number of amides is 1. The lowest BCUT2D eigenvalue weighted by molar-refractivity contribution is 0.0605. The zero-order valence-electron chi connectivity index (χ0n) is 20.8. The molecular formula is C28H29N3O5. The summed E-state index contributed by atoms with van der Waals surface area (Å²) in [6, 6.07) is 20.8. The molecule has 1 heterocycles. The standard InChI is InChI=1S/C28H29N3O5/c1-19(30(17-18-34-2)27(32)20-9-13-22(35-3)14-10-20)26-29-25-8-6-5-7-24(25)28(33)31(26)21-11-15-23(36-4)16-12-21/h5-16,19H,17-18H2,1-4H3. The Balaban J connectivity index is 1.86. The Kier molecular flexibility index (Phi) is 7.65. The van der Waals surface area contributed by atoms with Crippen LogP contribution in [0.5, 0.6) is 11.5 Å². The third-order valence-corrected chi connectivity index (χ3v) is 6.11. The largest absolute Gasteiger partial charge is 0.497 e. The Labute approximate surface area is 209 Å². The Morgan fingerprint density at radius 1 is 0.917 bits per heavy atom. The van der Waals surface area contributed by atoms with E-state index in [1.54, 1.807) is 91.5 Å². The van der Waals surface area contributed by atoms with Crippen LogP contribution in [0.15, 0.2) is 77.6 Å². The number of carbonyl (C=O) groups is 1. The molecule has 0 N–H and O–H groups in total. The molecule has 8 nitrogen and oxygen atoms in total. The fourth-order valence-corrected chi connectivity index (χ4v) is 4.11. The van der Waals surface area contributed by atoms with Gasteiger partial charge >= 0.3 is 0 Å². The van der Waals surface area contributed by atoms with Gasteiger partial charge in [0.2, 0.25) is 0 Å². The number of fused-ring (bicyclic) bond motifs is 1. The van der Waals surface area contributed by atoms with Crippen molar-refractivity contribution in [2.24, 2.45) is 0 Å². The zero-order valence-corrected chi connectivity index (χ0v) is 20.8. The van der Waals surface area contributed by atoms with Crippen molar-refractivity contribution < 1.29 is 19.0 Å². The lowest BCUT2D eigenvalue weighted by Crippen LogP contribution is -2.39. The van der Waals surface area contributed by atoms with E-state index < -0.39 is 6.04 Å². The van der Waals surface area contributed by atoms with Gasteiger partial charge in [0.1, 0.15) is 17.3 Å². The highest BCUT2D eigenvalue weighted by atomic mass is 16.5. The van der Waals surface area contributed by atoms with Gasteiger partial charge in [-0.3, -0.25) is 14.2 Å². The minimum Gasteiger partial charge on any atom is -0.497 e. The van der Waals surface area contributed by atoms with Gasteiger partial charge in [0.25, 0.3) is 11.5 Å². The van der Waals surface area contributed by atoms with Gasteiger partial charge < -0.3 is 19.1 Å². The normalized spacial score (nSPS) is 11.8. The molecule has 186 valence electrons. The number of methoxy groups -OCH3 is 3. The maximum Gasteiger partial charge on any atom is 0.266 e. The topological polar surface area (TPSA) is 82.9 Å². The first-order chi connectivity index (χ1) is 17.5. The molecule has 1 atom stereocenters. The average Bonchev–Trinajstić information content (AvgIpc) is 2.93. The van der Waals surface area contributed by atoms with E-state index in [2.05, 4.69) is 0 Å². The Morgan fingerprint density at radius 2 is 1.53 bits per heavy atom. The predicted octanol–water partition coefficient (Wildman–Crippen LogP) is 4.25. The quantitative estimate of drug-likeness (QED) is 0.351. The number of para-hydroxylation sites is 1. The van der Waals surface area contributed by atoms with Crippen LogP contribution in [0.1, 0.15) is 29.1 Å². The number of nitrogens with zero attached hydrogens (tertiary/aromatic N) is 3. The summed E-state index contributed by atoms with van der Waals surface area (Å²) in [7, 11) is 4.75. The van der Waals surface area contributed by atoms with Crippen molar-refractivity contribution in [3.63, 3.8) is 0 Å². The van der Waals surface area contributed by atoms with Gasteiger partial charge in [-0.15, -0.1) is 0 Å². The molecule has 8 heteroatoms. The minimum atomic E-state index is -0.547. The van der Waals surface area contributed by atoms with Gasteiger partial charge in [-0.1, -0.05) is 12.1 Å². The monoisotopic (exact) mass is 487 g/mol. The van der Waals surface area contributed by atoms with Crippen molar-refractivity contribution in [2.45, 2.75) is 13.0 Å². The molecular weight excluding hydrogens is 458 g/mol. The summed E-state index contributed by atoms with van der Waals surface area (Å²) in [5, 5.41) is 0.495. The summed E-state index contributed by atoms with van der Waals surface area (Å²) in [5.41, 5.74) is 1.48. The van der Waals surface area contributed by atoms with Crippen LogP contribution in [0.25, 0.3) is 16.6 Å². The molecule has 0 aliphatic rings. The highest BCUT2D eigenvalue weighted by molar-refractivity contribution is 5.94. The molecule has 0 bridgehead atoms. The molecule has 0 spiro atoms. The molecule has 0 saturated heterocycles. The third kappa shape index (κ3) is 4.94. The highest BCUT2D eigenvalue weighted by Crippen LogP contribution is 2.26. The fourth-order valence-electron chi connectivity index (χ4n) is 4.11. The van der Waals surface area contributed by atoms with Gasteiger partial charge in [0, 0.05) is 19.2 Å². The van der Waals surface area contributed by atoms with Crippen LogP contribution in [0, 0.1) is 0 Å². The van der Waals surface area contributed by atoms with Crippen LogP contribution in [0.4, 0.5) is 0 Å². The van der Waals surface area contributed by atoms with Crippen LogP contribution in [0.3, 0.4) is 0 Å². The predicted molar refractivity (Wildman–Crippen MR) is 138 cm³/mol. The summed E-state index contributed by atoms with van der Waals surface area (Å²) in [6.07, 6.45) is 0. The fraction of sp³-hybridized carbons (Fsp3) is 0.250. The smallest absolute Gasteiger partial charge is 0.266 e. The number of hydrogen-bond acceptors (Lipinski definition) is 6. The number of rotatable bonds is 9. The number of aromatic nitrogens is 2. The maximum absolute atomic E-state index is 13.7. The summed E-state index contributed by atoms with van der Waals surface area (Å²) < 4.78 is 17.4. The van der Waals surface area contributed by atoms with Crippen molar-refractivity contribution >= 4 is 16.8 Å². The number of ether oxygens (including phenoxy) is 3. The van der Waals surface area contributed by atoms with E-state index in [1.165, 1.54) is 0 Å². The molecule has 1 unspecified atom stereocenters. The lowest BCUT2D eigenvalue weighted by atomic mass is 10.1. The van der Waals surface area contributed by atoms with Crippen molar-refractivity contribution in [3.8, 4) is 17.2 Å². The average molecular weight is 488 g/mol. The zero-order chi connectivity index (χ0) is 25.7. The Hall–Kier alpha value is -4.17. The van der Waals surface area contributed by atoms with Crippen molar-refractivity contribution in [2.75, 3.05) is 34.5 Å². The Bertz CT molecular complexity index is 1400. The summed E-state index contributed by atoms with van der Waals surface area (Å²) in [6.45, 7) is 2.51. The van der Waals surface area contributed by atoms with E-state index in [9.17, 15) is 9.59 Å². The van der Waals surface area contributed by atoms with E-state index in [4.69, 9.17) is 19.2 Å². The molecule has 36 heavy (non-hydrogen) atoms. The third-order valence-electron chi connectivity index (χ3n) is 6.11. The van der Waals surface area contributed by atoms with Gasteiger partial charge in [-0.05, 0) is 67.6 Å². The van der Waals surface area contributed by atoms with Crippen LogP contribution in [-0.4, -0.2) is 54.8 Å². The first-order valence-corrected chi connectivity index (χ1v) is 11.6. The van der Waals surface area contributed by atoms with Crippen molar-refractivity contribution in [1.82, 2.24) is 14.5 Å². The molecule has 0 saturated carbocycles. The lowest BCUT2D eigenvalue weighted by Gasteiger charge is -2.30. The molecule has 0 radical (unpaired) electrons. The van der Waals surface area contributed by atoms with Gasteiger partial charge in [0.05, 0.1) is 43.5 Å². The summed E-state index contributed by atoms with van der Waals surface area (Å²) in [5.74, 6) is 1.58. The molecule has 3 aromatic carbocycles. The van der Waals surface area contributed by atoms with Crippen molar-refractivity contribution in [3.05, 3.63) is 94.5 Å². The van der Waals surface area contributed by atoms with Gasteiger partial charge in [-0.2, -0.15) is 0 Å². The van der Waals surface area contributed by atoms with E-state index in [-0.39, 0.29) is 11.5 Å². The van der Waals surface area contributed by atoms with Gasteiger partial charge in [0.15, 0.2) is 0 Å². The Morgan fingerprint density at radius 3 is 2.14 bits per heavy atom. The molecule has 0 aliphatic carbocycles. The second-order valence-electron chi connectivity index (χ2n) is 8.22. The van der Waals surface area contributed by atoms with Crippen LogP contribution < -0.4 is 15.0 Å². The van der Waals surface area contributed by atoms with E-state index in [0.29, 0.717) is 52.6 Å². The first kappa shape index (κ1) is 24.9. The summed E-state index contributed by atoms with van der Waals surface area (Å²) >= 11 is 0. The number of carbonyl (C=O) groups excluding carboxylic acids is 1. The second kappa shape index (κ2) is 11.0. The minimum absolute atomic E-state index is 0.203. The van der Waals surface area contributed by atoms with E-state index in [0.717, 1.165) is 0 Å².